The summed E-state index contributed by atoms with van der Waals surface area (Å²) in [5.74, 6) is 0.143. The predicted molar refractivity (Wildman–Crippen MR) is 66.4 cm³/mol. The Bertz CT molecular complexity index is 512. The van der Waals surface area contributed by atoms with Gasteiger partial charge in [-0.15, -0.1) is 0 Å². The van der Waals surface area contributed by atoms with Gasteiger partial charge in [0.15, 0.2) is 5.78 Å². The van der Waals surface area contributed by atoms with Crippen LogP contribution in [-0.2, 0) is 4.79 Å². The molecule has 0 fully saturated rings. The van der Waals surface area contributed by atoms with Gasteiger partial charge in [0.25, 0.3) is 0 Å². The van der Waals surface area contributed by atoms with E-state index in [1.54, 1.807) is 30.3 Å². The number of nitrogens with zero attached hydrogens (tertiary/aromatic N) is 1. The molecule has 1 aliphatic carbocycles. The molecule has 0 atom stereocenters. The minimum Gasteiger partial charge on any atom is -0.508 e. The number of phenolic OH excluding ortho intramolecular Hbond substituents is 1. The predicted octanol–water partition coefficient (Wildman–Crippen LogP) is 2.88. The maximum absolute atomic E-state index is 11.0. The van der Waals surface area contributed by atoms with Gasteiger partial charge in [0.1, 0.15) is 5.75 Å². The van der Waals surface area contributed by atoms with E-state index in [1.165, 1.54) is 12.2 Å². The third-order valence-corrected chi connectivity index (χ3v) is 2.65. The van der Waals surface area contributed by atoms with Crippen LogP contribution < -0.4 is 0 Å². The molecule has 1 aromatic carbocycles. The van der Waals surface area contributed by atoms with Crippen LogP contribution in [0.15, 0.2) is 52.0 Å². The molecular formula is C12H8BrNO2. The third kappa shape index (κ3) is 2.46. The monoisotopic (exact) mass is 277 g/mol. The van der Waals surface area contributed by atoms with E-state index in [0.29, 0.717) is 10.2 Å². The van der Waals surface area contributed by atoms with Crippen LogP contribution in [-0.4, -0.2) is 16.6 Å². The molecule has 0 amide bonds. The Morgan fingerprint density at radius 3 is 2.44 bits per heavy atom. The molecule has 1 aromatic rings. The van der Waals surface area contributed by atoms with Crippen LogP contribution in [0.5, 0.6) is 5.75 Å². The number of halogens is 1. The fourth-order valence-corrected chi connectivity index (χ4v) is 1.69. The lowest BCUT2D eigenvalue weighted by Crippen LogP contribution is -2.02. The first-order valence-corrected chi connectivity index (χ1v) is 5.42. The largest absolute Gasteiger partial charge is 0.508 e. The number of carbonyl (C=O) groups is 1. The van der Waals surface area contributed by atoms with E-state index in [9.17, 15) is 4.79 Å². The molecule has 16 heavy (non-hydrogen) atoms. The molecule has 1 aliphatic rings. The molecule has 0 aromatic heterocycles. The second-order valence-electron chi connectivity index (χ2n) is 3.24. The first kappa shape index (κ1) is 10.8. The Labute approximate surface area is 101 Å². The van der Waals surface area contributed by atoms with Crippen LogP contribution in [0.1, 0.15) is 0 Å². The van der Waals surface area contributed by atoms with Crippen molar-refractivity contribution in [2.45, 2.75) is 0 Å². The molecule has 0 saturated heterocycles. The molecule has 1 N–H and O–H groups in total. The smallest absolute Gasteiger partial charge is 0.179 e. The highest BCUT2D eigenvalue weighted by atomic mass is 79.9. The van der Waals surface area contributed by atoms with Crippen molar-refractivity contribution in [2.24, 2.45) is 4.99 Å². The van der Waals surface area contributed by atoms with Crippen LogP contribution >= 0.6 is 15.9 Å². The average molecular weight is 278 g/mol. The number of allylic oxidation sites excluding steroid dienone is 4. The standard InChI is InChI=1S/C12H8BrNO2/c13-11-7-10(16)5-6-12(11)14-8-1-3-9(15)4-2-8/h1-7,15H. The minimum atomic E-state index is -0.0588. The van der Waals surface area contributed by atoms with Gasteiger partial charge in [0.05, 0.1) is 11.4 Å². The van der Waals surface area contributed by atoms with Crippen molar-refractivity contribution >= 4 is 33.1 Å². The first-order valence-electron chi connectivity index (χ1n) is 4.62. The van der Waals surface area contributed by atoms with Crippen molar-refractivity contribution in [1.82, 2.24) is 0 Å². The summed E-state index contributed by atoms with van der Waals surface area (Å²) in [6.07, 6.45) is 4.59. The molecule has 0 saturated carbocycles. The van der Waals surface area contributed by atoms with E-state index >= 15 is 0 Å². The van der Waals surface area contributed by atoms with Crippen LogP contribution in [0.4, 0.5) is 5.69 Å². The second kappa shape index (κ2) is 4.45. The van der Waals surface area contributed by atoms with Gasteiger partial charge in [-0.2, -0.15) is 0 Å². The Balaban J connectivity index is 2.32. The fourth-order valence-electron chi connectivity index (χ4n) is 1.24. The molecule has 0 bridgehead atoms. The summed E-state index contributed by atoms with van der Waals surface area (Å²) in [5.41, 5.74) is 1.41. The number of phenols is 1. The lowest BCUT2D eigenvalue weighted by molar-refractivity contribution is -0.110. The Hall–Kier alpha value is -1.68. The Morgan fingerprint density at radius 1 is 1.12 bits per heavy atom. The second-order valence-corrected chi connectivity index (χ2v) is 4.10. The van der Waals surface area contributed by atoms with Gasteiger partial charge in [-0.25, -0.2) is 4.99 Å². The molecule has 4 heteroatoms. The van der Waals surface area contributed by atoms with Crippen molar-refractivity contribution in [3.63, 3.8) is 0 Å². The summed E-state index contributed by atoms with van der Waals surface area (Å²) in [6.45, 7) is 0. The van der Waals surface area contributed by atoms with Gasteiger partial charge < -0.3 is 5.11 Å². The molecular weight excluding hydrogens is 270 g/mol. The number of hydrogen-bond acceptors (Lipinski definition) is 3. The van der Waals surface area contributed by atoms with E-state index in [-0.39, 0.29) is 11.5 Å². The molecule has 0 unspecified atom stereocenters. The molecule has 80 valence electrons. The number of hydrogen-bond donors (Lipinski definition) is 1. The molecule has 0 heterocycles. The molecule has 3 nitrogen and oxygen atoms in total. The van der Waals surface area contributed by atoms with Gasteiger partial charge in [0, 0.05) is 10.6 Å². The van der Waals surface area contributed by atoms with E-state index < -0.39 is 0 Å². The quantitative estimate of drug-likeness (QED) is 0.803. The van der Waals surface area contributed by atoms with Crippen LogP contribution in [0.2, 0.25) is 0 Å². The van der Waals surface area contributed by atoms with E-state index in [0.717, 1.165) is 5.69 Å². The highest BCUT2D eigenvalue weighted by Gasteiger charge is 2.08. The van der Waals surface area contributed by atoms with Crippen molar-refractivity contribution in [3.8, 4) is 5.75 Å². The van der Waals surface area contributed by atoms with Gasteiger partial charge >= 0.3 is 0 Å². The number of ketones is 1. The topological polar surface area (TPSA) is 49.7 Å². The van der Waals surface area contributed by atoms with Gasteiger partial charge in [-0.3, -0.25) is 4.79 Å². The first-order chi connectivity index (χ1) is 7.65. The van der Waals surface area contributed by atoms with Crippen LogP contribution in [0.3, 0.4) is 0 Å². The van der Waals surface area contributed by atoms with E-state index in [2.05, 4.69) is 20.9 Å². The van der Waals surface area contributed by atoms with Gasteiger partial charge in [0.2, 0.25) is 0 Å². The van der Waals surface area contributed by atoms with Crippen molar-refractivity contribution in [2.75, 3.05) is 0 Å². The van der Waals surface area contributed by atoms with Gasteiger partial charge in [-0.1, -0.05) is 0 Å². The van der Waals surface area contributed by atoms with E-state index in [1.807, 2.05) is 0 Å². The fraction of sp³-hybridized carbons (Fsp3) is 0. The number of carbonyl (C=O) groups excluding carboxylic acids is 1. The van der Waals surface area contributed by atoms with Crippen LogP contribution in [0, 0.1) is 0 Å². The Morgan fingerprint density at radius 2 is 1.81 bits per heavy atom. The zero-order chi connectivity index (χ0) is 11.5. The summed E-state index contributed by atoms with van der Waals surface area (Å²) in [7, 11) is 0. The lowest BCUT2D eigenvalue weighted by Gasteiger charge is -2.04. The number of aliphatic imine (C=N–C) groups is 1. The summed E-state index contributed by atoms with van der Waals surface area (Å²) in [6, 6.07) is 6.53. The zero-order valence-electron chi connectivity index (χ0n) is 8.22. The van der Waals surface area contributed by atoms with Crippen LogP contribution in [0.25, 0.3) is 0 Å². The van der Waals surface area contributed by atoms with E-state index in [4.69, 9.17) is 5.11 Å². The summed E-state index contributed by atoms with van der Waals surface area (Å²) >= 11 is 3.28. The summed E-state index contributed by atoms with van der Waals surface area (Å²) < 4.78 is 0.660. The number of aromatic hydroxyl groups is 1. The van der Waals surface area contributed by atoms with Crippen molar-refractivity contribution in [3.05, 3.63) is 47.0 Å². The Kier molecular flexibility index (Phi) is 3.01. The third-order valence-electron chi connectivity index (χ3n) is 2.02. The lowest BCUT2D eigenvalue weighted by atomic mass is 10.1. The highest BCUT2D eigenvalue weighted by Crippen LogP contribution is 2.21. The maximum atomic E-state index is 11.0. The normalized spacial score (nSPS) is 17.7. The molecule has 0 aliphatic heterocycles. The number of benzene rings is 1. The highest BCUT2D eigenvalue weighted by molar-refractivity contribution is 9.12. The zero-order valence-corrected chi connectivity index (χ0v) is 9.81. The summed E-state index contributed by atoms with van der Waals surface area (Å²) in [4.78, 5) is 15.4. The maximum Gasteiger partial charge on any atom is 0.179 e. The van der Waals surface area contributed by atoms with Crippen molar-refractivity contribution < 1.29 is 9.90 Å². The molecule has 2 rings (SSSR count). The van der Waals surface area contributed by atoms with Crippen molar-refractivity contribution in [1.29, 1.82) is 0 Å². The summed E-state index contributed by atoms with van der Waals surface area (Å²) in [5, 5.41) is 9.12. The average Bonchev–Trinajstić information content (AvgIpc) is 2.25. The number of rotatable bonds is 1. The molecule has 0 spiro atoms. The minimum absolute atomic E-state index is 0.0588. The molecule has 0 radical (unpaired) electrons. The van der Waals surface area contributed by atoms with Gasteiger partial charge in [-0.05, 0) is 52.3 Å². The SMILES string of the molecule is O=C1C=CC(=Nc2ccc(O)cc2)C(Br)=C1.